The Morgan fingerprint density at radius 1 is 0.636 bits per heavy atom. The Hall–Kier alpha value is -3.72. The van der Waals surface area contributed by atoms with Crippen molar-refractivity contribution in [2.24, 2.45) is 0 Å². The van der Waals surface area contributed by atoms with Gasteiger partial charge in [0.15, 0.2) is 0 Å². The molecule has 4 aromatic carbocycles. The summed E-state index contributed by atoms with van der Waals surface area (Å²) in [5, 5.41) is 4.36. The van der Waals surface area contributed by atoms with Crippen LogP contribution in [0.15, 0.2) is 106 Å². The van der Waals surface area contributed by atoms with Crippen LogP contribution in [-0.4, -0.2) is 4.98 Å². The number of nitrogens with zero attached hydrogens (tertiary/aromatic N) is 1. The SMILES string of the molecule is [Ir].[c-]1ccccc1-c1cc(-c2c3oc4ccccc4c3cc3c2oc2ccccc23)ccn1. The van der Waals surface area contributed by atoms with E-state index in [9.17, 15) is 0 Å². The molecule has 0 aliphatic heterocycles. The molecular weight excluding hydrogens is 587 g/mol. The maximum absolute atomic E-state index is 6.40. The molecular formula is C29H16IrNO2-. The normalized spacial score (nSPS) is 11.4. The van der Waals surface area contributed by atoms with Gasteiger partial charge in [-0.05, 0) is 35.5 Å². The molecule has 0 amide bonds. The monoisotopic (exact) mass is 603 g/mol. The number of benzene rings is 4. The van der Waals surface area contributed by atoms with Gasteiger partial charge in [0.2, 0.25) is 0 Å². The molecule has 7 rings (SSSR count). The van der Waals surface area contributed by atoms with Crippen LogP contribution >= 0.6 is 0 Å². The van der Waals surface area contributed by atoms with Gasteiger partial charge in [0.1, 0.15) is 22.3 Å². The zero-order chi connectivity index (χ0) is 21.1. The summed E-state index contributed by atoms with van der Waals surface area (Å²) in [5.74, 6) is 0. The summed E-state index contributed by atoms with van der Waals surface area (Å²) in [7, 11) is 0. The van der Waals surface area contributed by atoms with Crippen LogP contribution in [0.4, 0.5) is 0 Å². The van der Waals surface area contributed by atoms with E-state index in [2.05, 4.69) is 35.3 Å². The zero-order valence-electron chi connectivity index (χ0n) is 17.3. The molecule has 0 unspecified atom stereocenters. The molecule has 0 spiro atoms. The first-order valence-electron chi connectivity index (χ1n) is 10.6. The van der Waals surface area contributed by atoms with Gasteiger partial charge >= 0.3 is 0 Å². The average Bonchev–Trinajstić information content (AvgIpc) is 3.41. The topological polar surface area (TPSA) is 39.2 Å². The summed E-state index contributed by atoms with van der Waals surface area (Å²) in [6.45, 7) is 0. The van der Waals surface area contributed by atoms with E-state index in [1.54, 1.807) is 0 Å². The van der Waals surface area contributed by atoms with Gasteiger partial charge in [-0.3, -0.25) is 0 Å². The molecule has 4 heteroatoms. The Kier molecular flexibility index (Phi) is 4.65. The van der Waals surface area contributed by atoms with E-state index < -0.39 is 0 Å². The van der Waals surface area contributed by atoms with E-state index in [0.29, 0.717) is 0 Å². The van der Waals surface area contributed by atoms with Crippen LogP contribution in [0, 0.1) is 6.07 Å². The summed E-state index contributed by atoms with van der Waals surface area (Å²) < 4.78 is 12.8. The molecule has 0 N–H and O–H groups in total. The van der Waals surface area contributed by atoms with Gasteiger partial charge in [0.25, 0.3) is 0 Å². The van der Waals surface area contributed by atoms with Gasteiger partial charge in [-0.2, -0.15) is 0 Å². The maximum Gasteiger partial charge on any atom is 0.147 e. The van der Waals surface area contributed by atoms with Crippen LogP contribution in [0.3, 0.4) is 0 Å². The Bertz CT molecular complexity index is 1690. The van der Waals surface area contributed by atoms with Gasteiger partial charge in [0, 0.05) is 47.8 Å². The second-order valence-corrected chi connectivity index (χ2v) is 7.91. The smallest absolute Gasteiger partial charge is 0.147 e. The predicted molar refractivity (Wildman–Crippen MR) is 129 cm³/mol. The van der Waals surface area contributed by atoms with E-state index in [0.717, 1.165) is 66.3 Å². The van der Waals surface area contributed by atoms with Crippen molar-refractivity contribution in [2.75, 3.05) is 0 Å². The van der Waals surface area contributed by atoms with Crippen molar-refractivity contribution in [1.29, 1.82) is 0 Å². The van der Waals surface area contributed by atoms with Crippen LogP contribution in [0.2, 0.25) is 0 Å². The minimum atomic E-state index is 0. The predicted octanol–water partition coefficient (Wildman–Crippen LogP) is 8.01. The van der Waals surface area contributed by atoms with Gasteiger partial charge in [-0.25, -0.2) is 0 Å². The third kappa shape index (κ3) is 3.03. The van der Waals surface area contributed by atoms with Crippen LogP contribution in [0.5, 0.6) is 0 Å². The average molecular weight is 603 g/mol. The standard InChI is InChI=1S/C29H16NO2.Ir/c1-2-8-18(9-3-1)24-16-19(14-15-30-24)27-28-22(20-10-4-6-12-25(20)31-28)17-23-21-11-5-7-13-26(21)32-29(23)27;/h1-8,10-17H;/q-1;. The summed E-state index contributed by atoms with van der Waals surface area (Å²) in [6.07, 6.45) is 1.83. The molecule has 0 saturated carbocycles. The Morgan fingerprint density at radius 2 is 1.27 bits per heavy atom. The van der Waals surface area contributed by atoms with Crippen molar-refractivity contribution in [3.05, 3.63) is 103 Å². The Balaban J connectivity index is 0.00000206. The minimum Gasteiger partial charge on any atom is -0.455 e. The van der Waals surface area contributed by atoms with Crippen LogP contribution < -0.4 is 0 Å². The largest absolute Gasteiger partial charge is 0.455 e. The van der Waals surface area contributed by atoms with Gasteiger partial charge in [0.05, 0.1) is 5.56 Å². The molecule has 33 heavy (non-hydrogen) atoms. The van der Waals surface area contributed by atoms with E-state index in [1.165, 1.54) is 0 Å². The van der Waals surface area contributed by atoms with Crippen LogP contribution in [0.1, 0.15) is 0 Å². The van der Waals surface area contributed by atoms with Crippen molar-refractivity contribution < 1.29 is 28.9 Å². The molecule has 0 aliphatic carbocycles. The van der Waals surface area contributed by atoms with E-state index in [4.69, 9.17) is 8.83 Å². The summed E-state index contributed by atoms with van der Waals surface area (Å²) >= 11 is 0. The van der Waals surface area contributed by atoms with Crippen molar-refractivity contribution in [1.82, 2.24) is 4.98 Å². The van der Waals surface area contributed by atoms with Crippen molar-refractivity contribution >= 4 is 43.9 Å². The second-order valence-electron chi connectivity index (χ2n) is 7.91. The number of pyridine rings is 1. The van der Waals surface area contributed by atoms with Gasteiger partial charge in [-0.1, -0.05) is 42.5 Å². The Morgan fingerprint density at radius 3 is 1.91 bits per heavy atom. The number of para-hydroxylation sites is 2. The molecule has 159 valence electrons. The maximum atomic E-state index is 6.40. The number of rotatable bonds is 2. The van der Waals surface area contributed by atoms with Gasteiger partial charge < -0.3 is 13.8 Å². The van der Waals surface area contributed by atoms with E-state index in [1.807, 2.05) is 72.9 Å². The number of furan rings is 2. The van der Waals surface area contributed by atoms with Crippen molar-refractivity contribution in [2.45, 2.75) is 0 Å². The summed E-state index contributed by atoms with van der Waals surface area (Å²) in [5.41, 5.74) is 7.15. The third-order valence-corrected chi connectivity index (χ3v) is 6.04. The fourth-order valence-corrected chi connectivity index (χ4v) is 4.58. The first-order valence-corrected chi connectivity index (χ1v) is 10.6. The Labute approximate surface area is 203 Å². The molecule has 3 heterocycles. The molecule has 0 fully saturated rings. The summed E-state index contributed by atoms with van der Waals surface area (Å²) in [6, 6.07) is 33.8. The zero-order valence-corrected chi connectivity index (χ0v) is 19.7. The number of hydrogen-bond donors (Lipinski definition) is 0. The third-order valence-electron chi connectivity index (χ3n) is 6.04. The fraction of sp³-hybridized carbons (Fsp3) is 0. The van der Waals surface area contributed by atoms with Crippen molar-refractivity contribution in [3.8, 4) is 22.4 Å². The van der Waals surface area contributed by atoms with Crippen LogP contribution in [0.25, 0.3) is 66.3 Å². The molecule has 3 nitrogen and oxygen atoms in total. The minimum absolute atomic E-state index is 0. The van der Waals surface area contributed by atoms with E-state index >= 15 is 0 Å². The molecule has 7 aromatic rings. The quantitative estimate of drug-likeness (QED) is 0.188. The number of aromatic nitrogens is 1. The molecule has 0 saturated heterocycles. The number of hydrogen-bond acceptors (Lipinski definition) is 3. The molecule has 1 radical (unpaired) electrons. The molecule has 0 bridgehead atoms. The van der Waals surface area contributed by atoms with E-state index in [-0.39, 0.29) is 20.1 Å². The van der Waals surface area contributed by atoms with Crippen LogP contribution in [-0.2, 0) is 20.1 Å². The number of fused-ring (bicyclic) bond motifs is 6. The van der Waals surface area contributed by atoms with Crippen molar-refractivity contribution in [3.63, 3.8) is 0 Å². The van der Waals surface area contributed by atoms with Gasteiger partial charge in [-0.15, -0.1) is 35.9 Å². The second kappa shape index (κ2) is 7.70. The molecule has 3 aromatic heterocycles. The first kappa shape index (κ1) is 19.9. The molecule has 0 aliphatic rings. The first-order chi connectivity index (χ1) is 15.9. The summed E-state index contributed by atoms with van der Waals surface area (Å²) in [4.78, 5) is 4.59. The molecule has 0 atom stereocenters. The fourth-order valence-electron chi connectivity index (χ4n) is 4.58.